The maximum absolute atomic E-state index is 15.9. The van der Waals surface area contributed by atoms with Gasteiger partial charge in [-0.05, 0) is 43.5 Å². The summed E-state index contributed by atoms with van der Waals surface area (Å²) in [7, 11) is -3.44. The first-order valence-electron chi connectivity index (χ1n) is 10.6. The molecule has 1 unspecified atom stereocenters. The number of likely N-dealkylation sites (tertiary alicyclic amines) is 1. The molecule has 4 atom stereocenters. The van der Waals surface area contributed by atoms with Gasteiger partial charge in [-0.25, -0.2) is 26.3 Å². The second kappa shape index (κ2) is 8.19. The Morgan fingerprint density at radius 3 is 2.44 bits per heavy atom. The Balaban J connectivity index is 1.56. The van der Waals surface area contributed by atoms with E-state index in [-0.39, 0.29) is 34.9 Å². The molecule has 1 saturated carbocycles. The molecule has 2 aromatic rings. The largest absolute Gasteiger partial charge is 0.338 e. The van der Waals surface area contributed by atoms with Crippen LogP contribution in [0.4, 0.5) is 13.2 Å². The maximum atomic E-state index is 15.9. The molecule has 9 heteroatoms. The molecule has 2 fully saturated rings. The number of sulfonamides is 1. The van der Waals surface area contributed by atoms with Gasteiger partial charge in [-0.2, -0.15) is 0 Å². The number of rotatable bonds is 7. The highest BCUT2D eigenvalue weighted by molar-refractivity contribution is 7.89. The van der Waals surface area contributed by atoms with Crippen LogP contribution in [-0.4, -0.2) is 43.6 Å². The molecule has 1 saturated heterocycles. The minimum Gasteiger partial charge on any atom is -0.338 e. The summed E-state index contributed by atoms with van der Waals surface area (Å²) in [5.41, 5.74) is -2.18. The molecule has 1 aliphatic heterocycles. The molecule has 0 spiro atoms. The normalized spacial score (nSPS) is 25.8. The van der Waals surface area contributed by atoms with Crippen molar-refractivity contribution in [2.75, 3.05) is 12.3 Å². The number of benzene rings is 2. The number of hydrogen-bond acceptors (Lipinski definition) is 3. The van der Waals surface area contributed by atoms with E-state index in [0.29, 0.717) is 13.0 Å². The van der Waals surface area contributed by atoms with Crippen molar-refractivity contribution in [2.24, 2.45) is 5.92 Å². The van der Waals surface area contributed by atoms with Crippen molar-refractivity contribution in [2.45, 2.75) is 44.4 Å². The van der Waals surface area contributed by atoms with Crippen LogP contribution in [-0.2, 0) is 20.5 Å². The van der Waals surface area contributed by atoms with Gasteiger partial charge in [-0.3, -0.25) is 4.79 Å². The number of alkyl halides is 1. The van der Waals surface area contributed by atoms with Crippen LogP contribution in [0.1, 0.15) is 32.3 Å². The first-order valence-corrected chi connectivity index (χ1v) is 12.3. The Kier molecular flexibility index (Phi) is 5.83. The third-order valence-electron chi connectivity index (χ3n) is 6.47. The molecule has 2 aromatic carbocycles. The molecule has 0 bridgehead atoms. The first-order chi connectivity index (χ1) is 15.1. The Morgan fingerprint density at radius 2 is 1.84 bits per heavy atom. The molecule has 5 nitrogen and oxygen atoms in total. The number of nitrogens with one attached hydrogen (secondary N) is 1. The standard InChI is InChI=1S/C23H25F3N2O3S/c1-3-32(30,31)27-14(2)20-11-12-28(20)22(29)17-13-23(17,26)16-8-5-4-7-15(16)21-18(24)9-6-10-19(21)25/h4-10,14,17,20,27H,3,11-13H2,1-2H3/t14?,17-,20-,23+/m0/s1. The smallest absolute Gasteiger partial charge is 0.229 e. The van der Waals surface area contributed by atoms with Crippen LogP contribution in [0.2, 0.25) is 0 Å². The van der Waals surface area contributed by atoms with E-state index in [2.05, 4.69) is 4.72 Å². The molecule has 1 amide bonds. The molecular formula is C23H25F3N2O3S. The van der Waals surface area contributed by atoms with Gasteiger partial charge in [-0.1, -0.05) is 30.3 Å². The third kappa shape index (κ3) is 3.92. The lowest BCUT2D eigenvalue weighted by Gasteiger charge is -2.44. The zero-order chi connectivity index (χ0) is 23.3. The van der Waals surface area contributed by atoms with Crippen molar-refractivity contribution >= 4 is 15.9 Å². The average molecular weight is 467 g/mol. The molecule has 32 heavy (non-hydrogen) atoms. The molecule has 1 aliphatic carbocycles. The number of carbonyl (C=O) groups excluding carboxylic acids is 1. The highest BCUT2D eigenvalue weighted by atomic mass is 32.2. The first kappa shape index (κ1) is 22.8. The Bertz CT molecular complexity index is 1140. The fourth-order valence-electron chi connectivity index (χ4n) is 4.48. The molecule has 4 rings (SSSR count). The van der Waals surface area contributed by atoms with E-state index in [1.807, 2.05) is 0 Å². The summed E-state index contributed by atoms with van der Waals surface area (Å²) in [6, 6.07) is 8.67. The van der Waals surface area contributed by atoms with Crippen LogP contribution in [0, 0.1) is 17.6 Å². The number of hydrogen-bond donors (Lipinski definition) is 1. The minimum atomic E-state index is -3.44. The average Bonchev–Trinajstić information content (AvgIpc) is 3.40. The topological polar surface area (TPSA) is 66.5 Å². The van der Waals surface area contributed by atoms with Crippen molar-refractivity contribution in [3.8, 4) is 11.1 Å². The van der Waals surface area contributed by atoms with Gasteiger partial charge in [0.1, 0.15) is 17.3 Å². The fourth-order valence-corrected chi connectivity index (χ4v) is 5.37. The van der Waals surface area contributed by atoms with Crippen molar-refractivity contribution < 1.29 is 26.4 Å². The lowest BCUT2D eigenvalue weighted by molar-refractivity contribution is -0.142. The van der Waals surface area contributed by atoms with Crippen molar-refractivity contribution in [3.05, 3.63) is 59.7 Å². The summed E-state index contributed by atoms with van der Waals surface area (Å²) in [6.45, 7) is 3.62. The predicted octanol–water partition coefficient (Wildman–Crippen LogP) is 3.75. The van der Waals surface area contributed by atoms with Crippen LogP contribution in [0.3, 0.4) is 0 Å². The van der Waals surface area contributed by atoms with E-state index in [1.165, 1.54) is 30.0 Å². The molecule has 0 radical (unpaired) electrons. The van der Waals surface area contributed by atoms with E-state index < -0.39 is 45.2 Å². The quantitative estimate of drug-likeness (QED) is 0.676. The SMILES string of the molecule is CCS(=O)(=O)NC(C)[C@@H]1CCN1C(=O)[C@@H]1C[C@@]1(F)c1ccccc1-c1c(F)cccc1F. The molecule has 0 aromatic heterocycles. The third-order valence-corrected chi connectivity index (χ3v) is 7.96. The summed E-state index contributed by atoms with van der Waals surface area (Å²) in [5, 5.41) is 0. The minimum absolute atomic E-state index is 0.0718. The van der Waals surface area contributed by atoms with Crippen LogP contribution in [0.15, 0.2) is 42.5 Å². The molecule has 1 N–H and O–H groups in total. The molecule has 1 heterocycles. The van der Waals surface area contributed by atoms with E-state index in [9.17, 15) is 22.0 Å². The summed E-state index contributed by atoms with van der Waals surface area (Å²) in [6.07, 6.45) is 0.527. The van der Waals surface area contributed by atoms with Crippen molar-refractivity contribution in [3.63, 3.8) is 0 Å². The van der Waals surface area contributed by atoms with Crippen molar-refractivity contribution in [1.29, 1.82) is 0 Å². The number of nitrogens with zero attached hydrogens (tertiary/aromatic N) is 1. The van der Waals surface area contributed by atoms with Crippen LogP contribution >= 0.6 is 0 Å². The summed E-state index contributed by atoms with van der Waals surface area (Å²) in [5.74, 6) is -3.06. The Hall–Kier alpha value is -2.39. The lowest BCUT2D eigenvalue weighted by atomic mass is 9.92. The van der Waals surface area contributed by atoms with Gasteiger partial charge < -0.3 is 4.90 Å². The summed E-state index contributed by atoms with van der Waals surface area (Å²) in [4.78, 5) is 14.6. The van der Waals surface area contributed by atoms with Gasteiger partial charge >= 0.3 is 0 Å². The van der Waals surface area contributed by atoms with E-state index in [4.69, 9.17) is 0 Å². The van der Waals surface area contributed by atoms with E-state index in [1.54, 1.807) is 19.1 Å². The predicted molar refractivity (Wildman–Crippen MR) is 115 cm³/mol. The molecular weight excluding hydrogens is 441 g/mol. The maximum Gasteiger partial charge on any atom is 0.229 e. The Labute approximate surface area is 185 Å². The number of carbonyl (C=O) groups is 1. The highest BCUT2D eigenvalue weighted by Crippen LogP contribution is 2.59. The number of amides is 1. The van der Waals surface area contributed by atoms with Crippen LogP contribution in [0.5, 0.6) is 0 Å². The second-order valence-electron chi connectivity index (χ2n) is 8.46. The number of halogens is 3. The Morgan fingerprint density at radius 1 is 1.19 bits per heavy atom. The zero-order valence-corrected chi connectivity index (χ0v) is 18.6. The van der Waals surface area contributed by atoms with E-state index in [0.717, 1.165) is 12.1 Å². The molecule has 172 valence electrons. The van der Waals surface area contributed by atoms with Crippen LogP contribution < -0.4 is 4.72 Å². The summed E-state index contributed by atoms with van der Waals surface area (Å²) >= 11 is 0. The van der Waals surface area contributed by atoms with Gasteiger partial charge in [0, 0.05) is 25.0 Å². The molecule has 2 aliphatic rings. The van der Waals surface area contributed by atoms with Crippen LogP contribution in [0.25, 0.3) is 11.1 Å². The van der Waals surface area contributed by atoms with Gasteiger partial charge in [0.25, 0.3) is 0 Å². The zero-order valence-electron chi connectivity index (χ0n) is 17.8. The van der Waals surface area contributed by atoms with Gasteiger partial charge in [-0.15, -0.1) is 0 Å². The van der Waals surface area contributed by atoms with Gasteiger partial charge in [0.15, 0.2) is 0 Å². The fraction of sp³-hybridized carbons (Fsp3) is 0.435. The van der Waals surface area contributed by atoms with Gasteiger partial charge in [0.05, 0.1) is 17.2 Å². The summed E-state index contributed by atoms with van der Waals surface area (Å²) < 4.78 is 71.0. The lowest BCUT2D eigenvalue weighted by Crippen LogP contribution is -2.60. The van der Waals surface area contributed by atoms with Gasteiger partial charge in [0.2, 0.25) is 15.9 Å². The van der Waals surface area contributed by atoms with E-state index >= 15 is 4.39 Å². The monoisotopic (exact) mass is 466 g/mol. The second-order valence-corrected chi connectivity index (χ2v) is 10.5. The van der Waals surface area contributed by atoms with Crippen molar-refractivity contribution in [1.82, 2.24) is 9.62 Å². The highest BCUT2D eigenvalue weighted by Gasteiger charge is 2.63.